The first-order chi connectivity index (χ1) is 9.24. The van der Waals surface area contributed by atoms with E-state index >= 15 is 0 Å². The van der Waals surface area contributed by atoms with Crippen molar-refractivity contribution < 1.29 is 18.0 Å². The van der Waals surface area contributed by atoms with Gasteiger partial charge in [-0.15, -0.1) is 0 Å². The number of alkyl halides is 3. The van der Waals surface area contributed by atoms with Crippen molar-refractivity contribution in [2.24, 2.45) is 5.73 Å². The first kappa shape index (κ1) is 17.2. The maximum atomic E-state index is 12.6. The molecule has 0 bridgehead atoms. The summed E-state index contributed by atoms with van der Waals surface area (Å²) < 4.78 is 37.8. The van der Waals surface area contributed by atoms with E-state index in [2.05, 4.69) is 5.32 Å². The molecule has 0 aromatic rings. The molecule has 2 atom stereocenters. The monoisotopic (exact) mass is 295 g/mol. The quantitative estimate of drug-likeness (QED) is 0.783. The summed E-state index contributed by atoms with van der Waals surface area (Å²) in [7, 11) is 0. The van der Waals surface area contributed by atoms with Gasteiger partial charge in [0.25, 0.3) is 0 Å². The van der Waals surface area contributed by atoms with Crippen LogP contribution in [0.25, 0.3) is 0 Å². The first-order valence-corrected chi connectivity index (χ1v) is 7.10. The maximum Gasteiger partial charge on any atom is 0.401 e. The number of hydrogen-bond acceptors (Lipinski definition) is 3. The summed E-state index contributed by atoms with van der Waals surface area (Å²) in [6.07, 6.45) is -1.91. The number of carbonyl (C=O) groups is 1. The van der Waals surface area contributed by atoms with Crippen LogP contribution in [0.4, 0.5) is 13.2 Å². The Morgan fingerprint density at radius 2 is 2.10 bits per heavy atom. The fourth-order valence-electron chi connectivity index (χ4n) is 3.10. The fraction of sp³-hybridized carbons (Fsp3) is 0.923. The number of hydrogen-bond donors (Lipinski definition) is 2. The number of halogens is 3. The number of nitrogens with zero attached hydrogens (tertiary/aromatic N) is 1. The predicted molar refractivity (Wildman–Crippen MR) is 71.2 cm³/mol. The van der Waals surface area contributed by atoms with E-state index < -0.39 is 24.2 Å². The molecule has 0 spiro atoms. The molecule has 7 heteroatoms. The Balaban J connectivity index is 2.82. The molecule has 0 aliphatic heterocycles. The van der Waals surface area contributed by atoms with Crippen LogP contribution in [-0.2, 0) is 4.79 Å². The Morgan fingerprint density at radius 1 is 1.45 bits per heavy atom. The molecule has 1 saturated carbocycles. The molecule has 1 aliphatic rings. The number of likely N-dealkylation sites (N-methyl/N-ethyl adjacent to an activating group) is 1. The van der Waals surface area contributed by atoms with Gasteiger partial charge in [0.1, 0.15) is 0 Å². The van der Waals surface area contributed by atoms with Gasteiger partial charge in [-0.25, -0.2) is 0 Å². The van der Waals surface area contributed by atoms with Gasteiger partial charge in [0.15, 0.2) is 0 Å². The second-order valence-electron chi connectivity index (χ2n) is 5.41. The first-order valence-electron chi connectivity index (χ1n) is 7.10. The van der Waals surface area contributed by atoms with Crippen LogP contribution in [0.1, 0.15) is 39.5 Å². The van der Waals surface area contributed by atoms with Crippen molar-refractivity contribution in [3.63, 3.8) is 0 Å². The Labute approximate surface area is 117 Å². The van der Waals surface area contributed by atoms with Crippen LogP contribution in [0, 0.1) is 0 Å². The van der Waals surface area contributed by atoms with Gasteiger partial charge in [-0.1, -0.05) is 13.8 Å². The minimum atomic E-state index is -4.22. The summed E-state index contributed by atoms with van der Waals surface area (Å²) in [5.41, 5.74) is 4.61. The Hall–Kier alpha value is -0.820. The predicted octanol–water partition coefficient (Wildman–Crippen LogP) is 1.65. The molecule has 118 valence electrons. The van der Waals surface area contributed by atoms with Gasteiger partial charge in [0.05, 0.1) is 12.1 Å². The van der Waals surface area contributed by atoms with Gasteiger partial charge in [-0.05, 0) is 38.8 Å². The fourth-order valence-corrected chi connectivity index (χ4v) is 3.10. The number of carbonyl (C=O) groups excluding carboxylic acids is 1. The highest BCUT2D eigenvalue weighted by Gasteiger charge is 2.43. The number of primary amides is 1. The molecule has 0 aromatic carbocycles. The summed E-state index contributed by atoms with van der Waals surface area (Å²) in [4.78, 5) is 13.1. The highest BCUT2D eigenvalue weighted by Crippen LogP contribution is 2.32. The second kappa shape index (κ2) is 6.76. The summed E-state index contributed by atoms with van der Waals surface area (Å²) in [5, 5.41) is 3.09. The lowest BCUT2D eigenvalue weighted by molar-refractivity contribution is -0.153. The van der Waals surface area contributed by atoms with E-state index in [9.17, 15) is 18.0 Å². The van der Waals surface area contributed by atoms with E-state index in [1.807, 2.05) is 6.92 Å². The van der Waals surface area contributed by atoms with Gasteiger partial charge in [0, 0.05) is 6.04 Å². The average molecular weight is 295 g/mol. The van der Waals surface area contributed by atoms with Crippen LogP contribution < -0.4 is 11.1 Å². The van der Waals surface area contributed by atoms with E-state index in [1.54, 1.807) is 6.92 Å². The molecular weight excluding hydrogens is 271 g/mol. The number of nitrogens with one attached hydrogen (secondary N) is 1. The molecule has 1 fully saturated rings. The van der Waals surface area contributed by atoms with Crippen LogP contribution in [0.5, 0.6) is 0 Å². The van der Waals surface area contributed by atoms with Crippen LogP contribution in [0.2, 0.25) is 0 Å². The summed E-state index contributed by atoms with van der Waals surface area (Å²) in [5.74, 6) is -0.466. The van der Waals surface area contributed by atoms with Crippen molar-refractivity contribution in [3.05, 3.63) is 0 Å². The van der Waals surface area contributed by atoms with Crippen LogP contribution >= 0.6 is 0 Å². The van der Waals surface area contributed by atoms with Crippen molar-refractivity contribution in [2.45, 2.75) is 57.3 Å². The van der Waals surface area contributed by atoms with E-state index in [4.69, 9.17) is 5.73 Å². The molecule has 3 N–H and O–H groups in total. The third kappa shape index (κ3) is 4.34. The number of rotatable bonds is 6. The molecule has 2 unspecified atom stereocenters. The number of amides is 1. The molecule has 0 saturated heterocycles. The van der Waals surface area contributed by atoms with Gasteiger partial charge in [0.2, 0.25) is 5.91 Å². The smallest absolute Gasteiger partial charge is 0.368 e. The van der Waals surface area contributed by atoms with Crippen molar-refractivity contribution in [3.8, 4) is 0 Å². The van der Waals surface area contributed by atoms with Crippen LogP contribution in [0.15, 0.2) is 0 Å². The normalized spacial score (nSPS) is 27.8. The maximum absolute atomic E-state index is 12.6. The largest absolute Gasteiger partial charge is 0.401 e. The molecule has 1 aliphatic carbocycles. The van der Waals surface area contributed by atoms with E-state index in [0.29, 0.717) is 38.8 Å². The zero-order chi connectivity index (χ0) is 15.4. The van der Waals surface area contributed by atoms with Gasteiger partial charge in [-0.2, -0.15) is 13.2 Å². The lowest BCUT2D eigenvalue weighted by atomic mass is 9.77. The van der Waals surface area contributed by atoms with Gasteiger partial charge < -0.3 is 11.1 Å². The van der Waals surface area contributed by atoms with Gasteiger partial charge >= 0.3 is 6.18 Å². The molecule has 4 nitrogen and oxygen atoms in total. The summed E-state index contributed by atoms with van der Waals surface area (Å²) in [6.45, 7) is 3.52. The lowest BCUT2D eigenvalue weighted by Gasteiger charge is -2.43. The summed E-state index contributed by atoms with van der Waals surface area (Å²) >= 11 is 0. The average Bonchev–Trinajstić information content (AvgIpc) is 2.35. The topological polar surface area (TPSA) is 58.4 Å². The molecule has 0 aromatic heterocycles. The minimum Gasteiger partial charge on any atom is -0.368 e. The minimum absolute atomic E-state index is 0.262. The third-order valence-corrected chi connectivity index (χ3v) is 4.02. The molecular formula is C13H24F3N3O. The Morgan fingerprint density at radius 3 is 2.55 bits per heavy atom. The van der Waals surface area contributed by atoms with Crippen LogP contribution in [0.3, 0.4) is 0 Å². The molecule has 1 rings (SSSR count). The van der Waals surface area contributed by atoms with E-state index in [0.717, 1.165) is 0 Å². The molecule has 1 amide bonds. The van der Waals surface area contributed by atoms with E-state index in [1.165, 1.54) is 4.90 Å². The SMILES string of the molecule is CCNC1(C(N)=O)CCCC(N(CC)CC(F)(F)F)C1. The lowest BCUT2D eigenvalue weighted by Crippen LogP contribution is -2.61. The van der Waals surface area contributed by atoms with Crippen molar-refractivity contribution in [1.82, 2.24) is 10.2 Å². The van der Waals surface area contributed by atoms with E-state index in [-0.39, 0.29) is 6.04 Å². The Kier molecular flexibility index (Phi) is 5.82. The van der Waals surface area contributed by atoms with Crippen molar-refractivity contribution >= 4 is 5.91 Å². The third-order valence-electron chi connectivity index (χ3n) is 4.02. The molecule has 0 radical (unpaired) electrons. The summed E-state index contributed by atoms with van der Waals surface area (Å²) in [6, 6.07) is -0.262. The Bertz CT molecular complexity index is 331. The second-order valence-corrected chi connectivity index (χ2v) is 5.41. The molecule has 20 heavy (non-hydrogen) atoms. The van der Waals surface area contributed by atoms with Gasteiger partial charge in [-0.3, -0.25) is 9.69 Å². The highest BCUT2D eigenvalue weighted by atomic mass is 19.4. The molecule has 0 heterocycles. The standard InChI is InChI=1S/C13H24F3N3O/c1-3-18-12(11(17)20)7-5-6-10(8-12)19(4-2)9-13(14,15)16/h10,18H,3-9H2,1-2H3,(H2,17,20). The number of nitrogens with two attached hydrogens (primary N) is 1. The van der Waals surface area contributed by atoms with Crippen LogP contribution in [-0.4, -0.2) is 48.2 Å². The van der Waals surface area contributed by atoms with Crippen molar-refractivity contribution in [2.75, 3.05) is 19.6 Å². The van der Waals surface area contributed by atoms with Crippen molar-refractivity contribution in [1.29, 1.82) is 0 Å². The zero-order valence-electron chi connectivity index (χ0n) is 12.1. The highest BCUT2D eigenvalue weighted by molar-refractivity contribution is 5.84. The zero-order valence-corrected chi connectivity index (χ0v) is 12.1.